The SMILES string of the molecule is CCC(C)Nc1nccc(NCCc2cccc(Cl)c2)n1. The van der Waals surface area contributed by atoms with E-state index in [0.29, 0.717) is 12.0 Å². The molecule has 2 aromatic rings. The Morgan fingerprint density at radius 3 is 2.90 bits per heavy atom. The number of anilines is 2. The number of hydrogen-bond donors (Lipinski definition) is 2. The summed E-state index contributed by atoms with van der Waals surface area (Å²) in [6.45, 7) is 5.05. The molecule has 1 heterocycles. The molecule has 21 heavy (non-hydrogen) atoms. The maximum Gasteiger partial charge on any atom is 0.224 e. The van der Waals surface area contributed by atoms with Gasteiger partial charge in [-0.3, -0.25) is 0 Å². The van der Waals surface area contributed by atoms with Crippen molar-refractivity contribution >= 4 is 23.4 Å². The molecule has 1 atom stereocenters. The number of halogens is 1. The van der Waals surface area contributed by atoms with E-state index in [1.54, 1.807) is 6.20 Å². The van der Waals surface area contributed by atoms with Gasteiger partial charge in [0.1, 0.15) is 5.82 Å². The predicted octanol–water partition coefficient (Wildman–Crippen LogP) is 4.00. The number of rotatable bonds is 7. The first-order valence-electron chi connectivity index (χ1n) is 7.25. The fourth-order valence-electron chi connectivity index (χ4n) is 1.88. The third kappa shape index (κ3) is 5.23. The Morgan fingerprint density at radius 2 is 2.14 bits per heavy atom. The van der Waals surface area contributed by atoms with Crippen LogP contribution in [0.15, 0.2) is 36.5 Å². The Labute approximate surface area is 131 Å². The topological polar surface area (TPSA) is 49.8 Å². The molecule has 0 aliphatic heterocycles. The van der Waals surface area contributed by atoms with Crippen LogP contribution in [0.3, 0.4) is 0 Å². The number of hydrogen-bond acceptors (Lipinski definition) is 4. The van der Waals surface area contributed by atoms with Gasteiger partial charge in [0, 0.05) is 23.8 Å². The van der Waals surface area contributed by atoms with E-state index in [1.807, 2.05) is 24.3 Å². The lowest BCUT2D eigenvalue weighted by molar-refractivity contribution is 0.753. The summed E-state index contributed by atoms with van der Waals surface area (Å²) in [6.07, 6.45) is 3.70. The molecular weight excluding hydrogens is 284 g/mol. The summed E-state index contributed by atoms with van der Waals surface area (Å²) in [5.74, 6) is 1.50. The lowest BCUT2D eigenvalue weighted by Gasteiger charge is -2.12. The van der Waals surface area contributed by atoms with E-state index in [4.69, 9.17) is 11.6 Å². The number of nitrogens with one attached hydrogen (secondary N) is 2. The van der Waals surface area contributed by atoms with E-state index >= 15 is 0 Å². The summed E-state index contributed by atoms with van der Waals surface area (Å²) in [5.41, 5.74) is 1.21. The third-order valence-electron chi connectivity index (χ3n) is 3.25. The number of benzene rings is 1. The molecule has 1 aromatic carbocycles. The monoisotopic (exact) mass is 304 g/mol. The van der Waals surface area contributed by atoms with Gasteiger partial charge in [0.15, 0.2) is 0 Å². The summed E-state index contributed by atoms with van der Waals surface area (Å²) in [4.78, 5) is 8.68. The van der Waals surface area contributed by atoms with Gasteiger partial charge in [0.05, 0.1) is 0 Å². The van der Waals surface area contributed by atoms with E-state index in [0.717, 1.165) is 30.2 Å². The molecule has 0 saturated carbocycles. The van der Waals surface area contributed by atoms with Crippen LogP contribution in [0.5, 0.6) is 0 Å². The van der Waals surface area contributed by atoms with Gasteiger partial charge in [-0.1, -0.05) is 30.7 Å². The molecule has 1 aromatic heterocycles. The van der Waals surface area contributed by atoms with Crippen molar-refractivity contribution in [2.45, 2.75) is 32.7 Å². The lowest BCUT2D eigenvalue weighted by Crippen LogP contribution is -2.16. The first-order chi connectivity index (χ1) is 10.2. The molecule has 0 radical (unpaired) electrons. The first kappa shape index (κ1) is 15.6. The van der Waals surface area contributed by atoms with Crippen LogP contribution in [0.1, 0.15) is 25.8 Å². The van der Waals surface area contributed by atoms with E-state index in [9.17, 15) is 0 Å². The average Bonchev–Trinajstić information content (AvgIpc) is 2.47. The van der Waals surface area contributed by atoms with Crippen molar-refractivity contribution in [3.8, 4) is 0 Å². The molecule has 0 fully saturated rings. The largest absolute Gasteiger partial charge is 0.370 e. The molecule has 112 valence electrons. The minimum atomic E-state index is 0.367. The summed E-state index contributed by atoms with van der Waals surface area (Å²) in [5, 5.41) is 7.35. The molecule has 0 amide bonds. The fourth-order valence-corrected chi connectivity index (χ4v) is 2.09. The van der Waals surface area contributed by atoms with Crippen LogP contribution >= 0.6 is 11.6 Å². The van der Waals surface area contributed by atoms with Gasteiger partial charge in [-0.25, -0.2) is 4.98 Å². The maximum atomic E-state index is 5.97. The highest BCUT2D eigenvalue weighted by atomic mass is 35.5. The van der Waals surface area contributed by atoms with E-state index in [1.165, 1.54) is 5.56 Å². The van der Waals surface area contributed by atoms with Crippen LogP contribution in [0.25, 0.3) is 0 Å². The molecule has 2 rings (SSSR count). The number of aromatic nitrogens is 2. The molecule has 5 heteroatoms. The van der Waals surface area contributed by atoms with Gasteiger partial charge < -0.3 is 10.6 Å². The zero-order valence-electron chi connectivity index (χ0n) is 12.4. The van der Waals surface area contributed by atoms with E-state index < -0.39 is 0 Å². The summed E-state index contributed by atoms with van der Waals surface area (Å²) < 4.78 is 0. The van der Waals surface area contributed by atoms with Crippen LogP contribution in [-0.2, 0) is 6.42 Å². The van der Waals surface area contributed by atoms with Crippen molar-refractivity contribution in [2.75, 3.05) is 17.2 Å². The predicted molar refractivity (Wildman–Crippen MR) is 89.1 cm³/mol. The highest BCUT2D eigenvalue weighted by molar-refractivity contribution is 6.30. The summed E-state index contributed by atoms with van der Waals surface area (Å²) in [6, 6.07) is 10.2. The molecule has 0 spiro atoms. The Balaban J connectivity index is 1.87. The Kier molecular flexibility index (Phi) is 5.81. The van der Waals surface area contributed by atoms with Crippen LogP contribution in [-0.4, -0.2) is 22.6 Å². The quantitative estimate of drug-likeness (QED) is 0.812. The van der Waals surface area contributed by atoms with Crippen LogP contribution in [0.4, 0.5) is 11.8 Å². The van der Waals surface area contributed by atoms with Gasteiger partial charge >= 0.3 is 0 Å². The molecular formula is C16H21ClN4. The fraction of sp³-hybridized carbons (Fsp3) is 0.375. The minimum absolute atomic E-state index is 0.367. The molecule has 2 N–H and O–H groups in total. The standard InChI is InChI=1S/C16H21ClN4/c1-3-12(2)20-16-19-10-8-15(21-16)18-9-7-13-5-4-6-14(17)11-13/h4-6,8,10-12H,3,7,9H2,1-2H3,(H2,18,19,20,21). The van der Waals surface area contributed by atoms with Gasteiger partial charge in [0.2, 0.25) is 5.95 Å². The normalized spacial score (nSPS) is 12.0. The van der Waals surface area contributed by atoms with Gasteiger partial charge in [-0.2, -0.15) is 4.98 Å². The highest BCUT2D eigenvalue weighted by Crippen LogP contribution is 2.12. The van der Waals surface area contributed by atoms with Gasteiger partial charge in [-0.05, 0) is 43.5 Å². The van der Waals surface area contributed by atoms with Crippen LogP contribution in [0.2, 0.25) is 5.02 Å². The second-order valence-electron chi connectivity index (χ2n) is 5.03. The zero-order valence-corrected chi connectivity index (χ0v) is 13.2. The second kappa shape index (κ2) is 7.84. The minimum Gasteiger partial charge on any atom is -0.370 e. The summed E-state index contributed by atoms with van der Waals surface area (Å²) in [7, 11) is 0. The maximum absolute atomic E-state index is 5.97. The zero-order chi connectivity index (χ0) is 15.1. The Morgan fingerprint density at radius 1 is 1.29 bits per heavy atom. The van der Waals surface area contributed by atoms with Gasteiger partial charge in [0.25, 0.3) is 0 Å². The van der Waals surface area contributed by atoms with Gasteiger partial charge in [-0.15, -0.1) is 0 Å². The van der Waals surface area contributed by atoms with Crippen LogP contribution in [0, 0.1) is 0 Å². The van der Waals surface area contributed by atoms with Crippen LogP contribution < -0.4 is 10.6 Å². The third-order valence-corrected chi connectivity index (χ3v) is 3.49. The smallest absolute Gasteiger partial charge is 0.224 e. The lowest BCUT2D eigenvalue weighted by atomic mass is 10.1. The highest BCUT2D eigenvalue weighted by Gasteiger charge is 2.02. The molecule has 4 nitrogen and oxygen atoms in total. The van der Waals surface area contributed by atoms with Crippen molar-refractivity contribution in [1.29, 1.82) is 0 Å². The molecule has 0 aliphatic rings. The number of nitrogens with zero attached hydrogens (tertiary/aromatic N) is 2. The molecule has 0 aliphatic carbocycles. The van der Waals surface area contributed by atoms with Crippen molar-refractivity contribution in [1.82, 2.24) is 9.97 Å². The van der Waals surface area contributed by atoms with E-state index in [-0.39, 0.29) is 0 Å². The Hall–Kier alpha value is -1.81. The molecule has 0 bridgehead atoms. The van der Waals surface area contributed by atoms with Crippen molar-refractivity contribution in [3.05, 3.63) is 47.1 Å². The summed E-state index contributed by atoms with van der Waals surface area (Å²) >= 11 is 5.97. The van der Waals surface area contributed by atoms with Crippen molar-refractivity contribution in [3.63, 3.8) is 0 Å². The van der Waals surface area contributed by atoms with E-state index in [2.05, 4.69) is 40.5 Å². The first-order valence-corrected chi connectivity index (χ1v) is 7.63. The van der Waals surface area contributed by atoms with Crippen molar-refractivity contribution < 1.29 is 0 Å². The molecule has 1 unspecified atom stereocenters. The Bertz CT molecular complexity index is 574. The second-order valence-corrected chi connectivity index (χ2v) is 5.46. The average molecular weight is 305 g/mol. The van der Waals surface area contributed by atoms with Crippen molar-refractivity contribution in [2.24, 2.45) is 0 Å². The molecule has 0 saturated heterocycles.